The number of hydrogen-bond donors (Lipinski definition) is 1. The monoisotopic (exact) mass is 238 g/mol. The van der Waals surface area contributed by atoms with Crippen molar-refractivity contribution in [3.05, 3.63) is 0 Å². The molecule has 0 aliphatic carbocycles. The van der Waals surface area contributed by atoms with E-state index in [4.69, 9.17) is 10.00 Å². The van der Waals surface area contributed by atoms with Crippen LogP contribution in [0.1, 0.15) is 34.1 Å². The summed E-state index contributed by atoms with van der Waals surface area (Å²) in [5, 5.41) is 11.9. The first-order chi connectivity index (χ1) is 7.81. The molecule has 0 bridgehead atoms. The van der Waals surface area contributed by atoms with E-state index in [1.165, 1.54) is 0 Å². The molecule has 1 amide bonds. The van der Waals surface area contributed by atoms with Crippen LogP contribution in [0.5, 0.6) is 0 Å². The topological polar surface area (TPSA) is 62.1 Å². The van der Waals surface area contributed by atoms with Crippen molar-refractivity contribution >= 4 is 5.91 Å². The van der Waals surface area contributed by atoms with Crippen molar-refractivity contribution < 1.29 is 9.53 Å². The Kier molecular flexibility index (Phi) is 4.16. The Morgan fingerprint density at radius 3 is 2.47 bits per heavy atom. The molecular formula is C13H22N2O2. The standard InChI is InChI=1S/C13H22N2O2/c1-10(2)5-12(3,4)7-15-11(16)13(6-14)8-17-9-13/h10H,5,7-9H2,1-4H3,(H,15,16). The van der Waals surface area contributed by atoms with E-state index < -0.39 is 5.41 Å². The number of nitriles is 1. The van der Waals surface area contributed by atoms with Crippen molar-refractivity contribution in [2.45, 2.75) is 34.1 Å². The second kappa shape index (κ2) is 5.05. The zero-order valence-corrected chi connectivity index (χ0v) is 11.2. The molecule has 0 atom stereocenters. The van der Waals surface area contributed by atoms with E-state index in [-0.39, 0.29) is 24.5 Å². The summed E-state index contributed by atoms with van der Waals surface area (Å²) < 4.78 is 4.96. The Morgan fingerprint density at radius 1 is 1.53 bits per heavy atom. The molecule has 0 aromatic rings. The van der Waals surface area contributed by atoms with Gasteiger partial charge in [-0.3, -0.25) is 4.79 Å². The molecule has 4 heteroatoms. The van der Waals surface area contributed by atoms with Crippen LogP contribution in [0.15, 0.2) is 0 Å². The van der Waals surface area contributed by atoms with E-state index >= 15 is 0 Å². The third-order valence-electron chi connectivity index (χ3n) is 3.03. The molecule has 1 N–H and O–H groups in total. The van der Waals surface area contributed by atoms with Crippen molar-refractivity contribution in [3.63, 3.8) is 0 Å². The molecule has 0 aromatic heterocycles. The maximum atomic E-state index is 11.9. The highest BCUT2D eigenvalue weighted by Gasteiger charge is 2.46. The summed E-state index contributed by atoms with van der Waals surface area (Å²) >= 11 is 0. The number of nitrogens with zero attached hydrogens (tertiary/aromatic N) is 1. The Hall–Kier alpha value is -1.08. The number of carbonyl (C=O) groups excluding carboxylic acids is 1. The van der Waals surface area contributed by atoms with E-state index in [0.29, 0.717) is 12.5 Å². The van der Waals surface area contributed by atoms with E-state index in [0.717, 1.165) is 6.42 Å². The Labute approximate surface area is 103 Å². The molecule has 17 heavy (non-hydrogen) atoms. The maximum absolute atomic E-state index is 11.9. The van der Waals surface area contributed by atoms with Crippen molar-refractivity contribution in [1.82, 2.24) is 5.32 Å². The summed E-state index contributed by atoms with van der Waals surface area (Å²) in [6, 6.07) is 2.05. The minimum absolute atomic E-state index is 0.0606. The van der Waals surface area contributed by atoms with Gasteiger partial charge in [-0.1, -0.05) is 27.7 Å². The molecule has 0 spiro atoms. The largest absolute Gasteiger partial charge is 0.377 e. The normalized spacial score (nSPS) is 18.4. The Balaban J connectivity index is 2.46. The van der Waals surface area contributed by atoms with E-state index in [1.807, 2.05) is 0 Å². The minimum atomic E-state index is -0.937. The van der Waals surface area contributed by atoms with E-state index in [9.17, 15) is 4.79 Å². The van der Waals surface area contributed by atoms with Gasteiger partial charge in [-0.15, -0.1) is 0 Å². The second-order valence-electron chi connectivity index (χ2n) is 6.13. The molecule has 4 nitrogen and oxygen atoms in total. The van der Waals surface area contributed by atoms with Crippen molar-refractivity contribution in [2.24, 2.45) is 16.7 Å². The van der Waals surface area contributed by atoms with Gasteiger partial charge in [-0.05, 0) is 17.8 Å². The fourth-order valence-corrected chi connectivity index (χ4v) is 2.22. The average Bonchev–Trinajstić information content (AvgIpc) is 2.12. The fourth-order valence-electron chi connectivity index (χ4n) is 2.22. The molecule has 1 rings (SSSR count). The average molecular weight is 238 g/mol. The lowest BCUT2D eigenvalue weighted by molar-refractivity contribution is -0.150. The number of nitrogens with one attached hydrogen (secondary N) is 1. The third kappa shape index (κ3) is 3.44. The van der Waals surface area contributed by atoms with E-state index in [1.54, 1.807) is 0 Å². The molecule has 1 saturated heterocycles. The highest BCUT2D eigenvalue weighted by molar-refractivity contribution is 5.86. The molecule has 1 aliphatic rings. The van der Waals surface area contributed by atoms with Crippen LogP contribution in [-0.2, 0) is 9.53 Å². The SMILES string of the molecule is CC(C)CC(C)(C)CNC(=O)C1(C#N)COC1. The van der Waals surface area contributed by atoms with Crippen LogP contribution in [0.25, 0.3) is 0 Å². The van der Waals surface area contributed by atoms with Crippen LogP contribution in [0.4, 0.5) is 0 Å². The lowest BCUT2D eigenvalue weighted by Gasteiger charge is -2.35. The zero-order valence-electron chi connectivity index (χ0n) is 11.2. The van der Waals surface area contributed by atoms with Crippen LogP contribution in [-0.4, -0.2) is 25.7 Å². The van der Waals surface area contributed by atoms with Gasteiger partial charge in [0.15, 0.2) is 5.41 Å². The van der Waals surface area contributed by atoms with Crippen LogP contribution >= 0.6 is 0 Å². The van der Waals surface area contributed by atoms with Crippen LogP contribution < -0.4 is 5.32 Å². The predicted octanol–water partition coefficient (Wildman–Crippen LogP) is 1.72. The van der Waals surface area contributed by atoms with Crippen LogP contribution in [0.2, 0.25) is 0 Å². The molecule has 0 radical (unpaired) electrons. The summed E-state index contributed by atoms with van der Waals surface area (Å²) in [6.45, 7) is 9.64. The van der Waals surface area contributed by atoms with Gasteiger partial charge < -0.3 is 10.1 Å². The number of ether oxygens (including phenoxy) is 1. The summed E-state index contributed by atoms with van der Waals surface area (Å²) in [5.41, 5.74) is -0.876. The van der Waals surface area contributed by atoms with Gasteiger partial charge in [0.1, 0.15) is 0 Å². The molecule has 96 valence electrons. The molecule has 1 fully saturated rings. The summed E-state index contributed by atoms with van der Waals surface area (Å²) in [6.07, 6.45) is 1.04. The number of hydrogen-bond acceptors (Lipinski definition) is 3. The number of carbonyl (C=O) groups is 1. The predicted molar refractivity (Wildman–Crippen MR) is 65.1 cm³/mol. The first-order valence-electron chi connectivity index (χ1n) is 6.09. The van der Waals surface area contributed by atoms with Crippen molar-refractivity contribution in [2.75, 3.05) is 19.8 Å². The van der Waals surface area contributed by atoms with Gasteiger partial charge >= 0.3 is 0 Å². The Morgan fingerprint density at radius 2 is 2.12 bits per heavy atom. The summed E-state index contributed by atoms with van der Waals surface area (Å²) in [7, 11) is 0. The van der Waals surface area contributed by atoms with Gasteiger partial charge in [0.05, 0.1) is 19.3 Å². The highest BCUT2D eigenvalue weighted by atomic mass is 16.5. The molecule has 1 heterocycles. The first-order valence-corrected chi connectivity index (χ1v) is 6.09. The Bertz CT molecular complexity index is 325. The third-order valence-corrected chi connectivity index (χ3v) is 3.03. The fraction of sp³-hybridized carbons (Fsp3) is 0.846. The van der Waals surface area contributed by atoms with Crippen molar-refractivity contribution in [3.8, 4) is 6.07 Å². The second-order valence-corrected chi connectivity index (χ2v) is 6.13. The summed E-state index contributed by atoms with van der Waals surface area (Å²) in [4.78, 5) is 11.9. The van der Waals surface area contributed by atoms with Gasteiger partial charge in [-0.25, -0.2) is 0 Å². The van der Waals surface area contributed by atoms with Crippen LogP contribution in [0, 0.1) is 28.1 Å². The van der Waals surface area contributed by atoms with Gasteiger partial charge in [0, 0.05) is 6.54 Å². The van der Waals surface area contributed by atoms with Crippen molar-refractivity contribution in [1.29, 1.82) is 5.26 Å². The summed E-state index contributed by atoms with van der Waals surface area (Å²) in [5.74, 6) is 0.405. The quantitative estimate of drug-likeness (QED) is 0.793. The van der Waals surface area contributed by atoms with E-state index in [2.05, 4.69) is 39.1 Å². The van der Waals surface area contributed by atoms with Gasteiger partial charge in [0.25, 0.3) is 0 Å². The van der Waals surface area contributed by atoms with Gasteiger partial charge in [0.2, 0.25) is 5.91 Å². The highest BCUT2D eigenvalue weighted by Crippen LogP contribution is 2.28. The number of rotatable bonds is 5. The molecule has 0 saturated carbocycles. The lowest BCUT2D eigenvalue weighted by Crippen LogP contribution is -2.54. The molecule has 1 aliphatic heterocycles. The number of amides is 1. The first kappa shape index (κ1) is 14.0. The molecule has 0 unspecified atom stereocenters. The molecular weight excluding hydrogens is 216 g/mol. The van der Waals surface area contributed by atoms with Crippen LogP contribution in [0.3, 0.4) is 0 Å². The zero-order chi connectivity index (χ0) is 13.1. The molecule has 0 aromatic carbocycles. The lowest BCUT2D eigenvalue weighted by atomic mass is 9.82. The maximum Gasteiger partial charge on any atom is 0.245 e. The minimum Gasteiger partial charge on any atom is -0.377 e. The van der Waals surface area contributed by atoms with Gasteiger partial charge in [-0.2, -0.15) is 5.26 Å². The smallest absolute Gasteiger partial charge is 0.245 e.